The molecule has 1 aromatic carbocycles. The SMILES string of the molecule is CCc1cccc(C)c1NC(=O)c1cc(C)nc(NCc2ccncc2)n1. The van der Waals surface area contributed by atoms with E-state index < -0.39 is 0 Å². The molecule has 0 bridgehead atoms. The van der Waals surface area contributed by atoms with Crippen LogP contribution in [0.4, 0.5) is 11.6 Å². The van der Waals surface area contributed by atoms with Gasteiger partial charge in [0.15, 0.2) is 0 Å². The van der Waals surface area contributed by atoms with Gasteiger partial charge in [-0.05, 0) is 55.2 Å². The van der Waals surface area contributed by atoms with Gasteiger partial charge in [-0.2, -0.15) is 0 Å². The van der Waals surface area contributed by atoms with Gasteiger partial charge in [0.25, 0.3) is 5.91 Å². The van der Waals surface area contributed by atoms with Crippen LogP contribution in [0.5, 0.6) is 0 Å². The number of aromatic nitrogens is 3. The highest BCUT2D eigenvalue weighted by atomic mass is 16.1. The van der Waals surface area contributed by atoms with Crippen LogP contribution in [-0.4, -0.2) is 20.9 Å². The number of nitrogens with one attached hydrogen (secondary N) is 2. The van der Waals surface area contributed by atoms with Gasteiger partial charge in [0.1, 0.15) is 5.69 Å². The van der Waals surface area contributed by atoms with Crippen LogP contribution in [-0.2, 0) is 13.0 Å². The Labute approximate surface area is 159 Å². The fourth-order valence-electron chi connectivity index (χ4n) is 2.83. The zero-order valence-corrected chi connectivity index (χ0v) is 15.8. The lowest BCUT2D eigenvalue weighted by atomic mass is 10.1. The summed E-state index contributed by atoms with van der Waals surface area (Å²) < 4.78 is 0. The van der Waals surface area contributed by atoms with Gasteiger partial charge in [-0.25, -0.2) is 9.97 Å². The second-order valence-electron chi connectivity index (χ2n) is 6.34. The van der Waals surface area contributed by atoms with Crippen molar-refractivity contribution in [3.8, 4) is 0 Å². The van der Waals surface area contributed by atoms with Crippen LogP contribution in [0.1, 0.15) is 39.8 Å². The van der Waals surface area contributed by atoms with E-state index in [1.165, 1.54) is 0 Å². The molecule has 2 heterocycles. The van der Waals surface area contributed by atoms with Gasteiger partial charge in [0.05, 0.1) is 0 Å². The smallest absolute Gasteiger partial charge is 0.274 e. The molecule has 0 aliphatic rings. The summed E-state index contributed by atoms with van der Waals surface area (Å²) in [7, 11) is 0. The molecule has 2 aromatic heterocycles. The number of pyridine rings is 1. The van der Waals surface area contributed by atoms with Crippen molar-refractivity contribution in [2.75, 3.05) is 10.6 Å². The number of hydrogen-bond acceptors (Lipinski definition) is 5. The van der Waals surface area contributed by atoms with Crippen LogP contribution in [0.15, 0.2) is 48.8 Å². The highest BCUT2D eigenvalue weighted by molar-refractivity contribution is 6.04. The summed E-state index contributed by atoms with van der Waals surface area (Å²) in [5.41, 5.74) is 5.12. The van der Waals surface area contributed by atoms with Gasteiger partial charge in [-0.15, -0.1) is 0 Å². The fraction of sp³-hybridized carbons (Fsp3) is 0.238. The number of amides is 1. The van der Waals surface area contributed by atoms with E-state index in [0.717, 1.165) is 34.5 Å². The van der Waals surface area contributed by atoms with Gasteiger partial charge >= 0.3 is 0 Å². The summed E-state index contributed by atoms with van der Waals surface area (Å²) in [5.74, 6) is 0.189. The van der Waals surface area contributed by atoms with Crippen LogP contribution in [0.25, 0.3) is 0 Å². The summed E-state index contributed by atoms with van der Waals surface area (Å²) in [6, 6.07) is 11.5. The molecule has 3 rings (SSSR count). The van der Waals surface area contributed by atoms with Gasteiger partial charge < -0.3 is 10.6 Å². The molecule has 0 unspecified atom stereocenters. The number of nitrogens with zero attached hydrogens (tertiary/aromatic N) is 3. The molecule has 0 atom stereocenters. The number of aryl methyl sites for hydroxylation is 3. The van der Waals surface area contributed by atoms with Crippen molar-refractivity contribution in [2.24, 2.45) is 0 Å². The Morgan fingerprint density at radius 1 is 1.07 bits per heavy atom. The van der Waals surface area contributed by atoms with Crippen LogP contribution < -0.4 is 10.6 Å². The molecular formula is C21H23N5O. The van der Waals surface area contributed by atoms with Crippen molar-refractivity contribution in [3.63, 3.8) is 0 Å². The first-order chi connectivity index (χ1) is 13.1. The second kappa shape index (κ2) is 8.40. The third kappa shape index (κ3) is 4.67. The van der Waals surface area contributed by atoms with Crippen molar-refractivity contribution in [3.05, 3.63) is 76.9 Å². The maximum atomic E-state index is 12.8. The number of rotatable bonds is 6. The van der Waals surface area contributed by atoms with E-state index in [4.69, 9.17) is 0 Å². The van der Waals surface area contributed by atoms with E-state index in [1.54, 1.807) is 18.5 Å². The Bertz CT molecular complexity index is 941. The molecule has 138 valence electrons. The average molecular weight is 361 g/mol. The molecule has 27 heavy (non-hydrogen) atoms. The Balaban J connectivity index is 1.78. The largest absolute Gasteiger partial charge is 0.350 e. The minimum atomic E-state index is -0.239. The number of carbonyl (C=O) groups is 1. The van der Waals surface area contributed by atoms with Crippen LogP contribution in [0.2, 0.25) is 0 Å². The van der Waals surface area contributed by atoms with E-state index >= 15 is 0 Å². The minimum absolute atomic E-state index is 0.239. The van der Waals surface area contributed by atoms with E-state index in [9.17, 15) is 4.79 Å². The van der Waals surface area contributed by atoms with Crippen molar-refractivity contribution in [2.45, 2.75) is 33.7 Å². The molecule has 0 aliphatic heterocycles. The molecular weight excluding hydrogens is 338 g/mol. The number of carbonyl (C=O) groups excluding carboxylic acids is 1. The third-order valence-corrected chi connectivity index (χ3v) is 4.27. The quantitative estimate of drug-likeness (QED) is 0.696. The Morgan fingerprint density at radius 2 is 1.85 bits per heavy atom. The van der Waals surface area contributed by atoms with Gasteiger partial charge in [-0.1, -0.05) is 25.1 Å². The summed E-state index contributed by atoms with van der Waals surface area (Å²) in [6.07, 6.45) is 4.32. The maximum Gasteiger partial charge on any atom is 0.274 e. The lowest BCUT2D eigenvalue weighted by Crippen LogP contribution is -2.17. The topological polar surface area (TPSA) is 79.8 Å². The number of para-hydroxylation sites is 1. The number of anilines is 2. The number of hydrogen-bond donors (Lipinski definition) is 2. The summed E-state index contributed by atoms with van der Waals surface area (Å²) in [5, 5.41) is 6.17. The van der Waals surface area contributed by atoms with Gasteiger partial charge in [0, 0.05) is 30.3 Å². The zero-order valence-electron chi connectivity index (χ0n) is 15.8. The van der Waals surface area contributed by atoms with E-state index in [-0.39, 0.29) is 5.91 Å². The highest BCUT2D eigenvalue weighted by Gasteiger charge is 2.14. The average Bonchev–Trinajstić information content (AvgIpc) is 2.68. The molecule has 0 spiro atoms. The predicted molar refractivity (Wildman–Crippen MR) is 107 cm³/mol. The van der Waals surface area contributed by atoms with E-state index in [1.807, 2.05) is 44.2 Å². The summed E-state index contributed by atoms with van der Waals surface area (Å²) in [6.45, 7) is 6.47. The first kappa shape index (κ1) is 18.5. The molecule has 2 N–H and O–H groups in total. The maximum absolute atomic E-state index is 12.8. The van der Waals surface area contributed by atoms with Crippen LogP contribution in [0.3, 0.4) is 0 Å². The second-order valence-corrected chi connectivity index (χ2v) is 6.34. The monoisotopic (exact) mass is 361 g/mol. The Kier molecular flexibility index (Phi) is 5.76. The van der Waals surface area contributed by atoms with Crippen molar-refractivity contribution < 1.29 is 4.79 Å². The molecule has 1 amide bonds. The molecule has 0 aliphatic carbocycles. The zero-order chi connectivity index (χ0) is 19.2. The summed E-state index contributed by atoms with van der Waals surface area (Å²) >= 11 is 0. The third-order valence-electron chi connectivity index (χ3n) is 4.27. The normalized spacial score (nSPS) is 10.5. The fourth-order valence-corrected chi connectivity index (χ4v) is 2.83. The molecule has 6 nitrogen and oxygen atoms in total. The Morgan fingerprint density at radius 3 is 2.59 bits per heavy atom. The van der Waals surface area contributed by atoms with Crippen molar-refractivity contribution in [1.29, 1.82) is 0 Å². The van der Waals surface area contributed by atoms with E-state index in [0.29, 0.717) is 18.2 Å². The highest BCUT2D eigenvalue weighted by Crippen LogP contribution is 2.22. The molecule has 3 aromatic rings. The molecule has 0 fully saturated rings. The van der Waals surface area contributed by atoms with E-state index in [2.05, 4.69) is 32.5 Å². The lowest BCUT2D eigenvalue weighted by molar-refractivity contribution is 0.102. The first-order valence-electron chi connectivity index (χ1n) is 8.95. The first-order valence-corrected chi connectivity index (χ1v) is 8.95. The molecule has 0 saturated heterocycles. The van der Waals surface area contributed by atoms with Gasteiger partial charge in [-0.3, -0.25) is 9.78 Å². The summed E-state index contributed by atoms with van der Waals surface area (Å²) in [4.78, 5) is 25.5. The lowest BCUT2D eigenvalue weighted by Gasteiger charge is -2.13. The van der Waals surface area contributed by atoms with Crippen molar-refractivity contribution in [1.82, 2.24) is 15.0 Å². The van der Waals surface area contributed by atoms with Crippen LogP contribution in [0, 0.1) is 13.8 Å². The Hall–Kier alpha value is -3.28. The molecule has 6 heteroatoms. The molecule has 0 radical (unpaired) electrons. The van der Waals surface area contributed by atoms with Gasteiger partial charge in [0.2, 0.25) is 5.95 Å². The van der Waals surface area contributed by atoms with Crippen molar-refractivity contribution >= 4 is 17.5 Å². The minimum Gasteiger partial charge on any atom is -0.350 e. The molecule has 0 saturated carbocycles. The predicted octanol–water partition coefficient (Wildman–Crippen LogP) is 3.92. The standard InChI is InChI=1S/C21H23N5O/c1-4-17-7-5-6-14(2)19(17)26-20(27)18-12-15(3)24-21(25-18)23-13-16-8-10-22-11-9-16/h5-12H,4,13H2,1-3H3,(H,26,27)(H,23,24,25). The number of benzene rings is 1. The van der Waals surface area contributed by atoms with Crippen LogP contribution >= 0.6 is 0 Å².